The number of aryl methyl sites for hydroxylation is 1. The Labute approximate surface area is 279 Å². The predicted molar refractivity (Wildman–Crippen MR) is 177 cm³/mol. The molecule has 1 amide bonds. The Morgan fingerprint density at radius 1 is 1.11 bits per heavy atom. The number of thiocarbonyl (C=S) groups is 1. The van der Waals surface area contributed by atoms with Crippen LogP contribution in [0.2, 0.25) is 0 Å². The van der Waals surface area contributed by atoms with Gasteiger partial charge in [0.25, 0.3) is 5.91 Å². The average molecular weight is 674 g/mol. The van der Waals surface area contributed by atoms with E-state index in [9.17, 15) is 28.0 Å². The highest BCUT2D eigenvalue weighted by Gasteiger charge is 2.51. The van der Waals surface area contributed by atoms with Crippen molar-refractivity contribution < 1.29 is 32.2 Å². The number of ether oxygens (including phenoxy) is 2. The summed E-state index contributed by atoms with van der Waals surface area (Å²) in [6.07, 6.45) is -4.15. The summed E-state index contributed by atoms with van der Waals surface area (Å²) in [6.45, 7) is 16.7. The number of carbonyl (C=O) groups excluding carboxylic acids is 2. The third-order valence-corrected chi connectivity index (χ3v) is 8.67. The van der Waals surface area contributed by atoms with Crippen molar-refractivity contribution in [1.82, 2.24) is 9.80 Å². The summed E-state index contributed by atoms with van der Waals surface area (Å²) >= 11 is 5.69. The van der Waals surface area contributed by atoms with Gasteiger partial charge in [-0.3, -0.25) is 24.3 Å². The predicted octanol–water partition coefficient (Wildman–Crippen LogP) is 5.78. The zero-order chi connectivity index (χ0) is 34.9. The number of alkyl halides is 3. The van der Waals surface area contributed by atoms with E-state index in [0.29, 0.717) is 31.0 Å². The van der Waals surface area contributed by atoms with Crippen molar-refractivity contribution in [2.24, 2.45) is 0 Å². The maximum Gasteiger partial charge on any atom is 0.417 e. The summed E-state index contributed by atoms with van der Waals surface area (Å²) < 4.78 is 52.8. The molecule has 2 aliphatic heterocycles. The number of rotatable bonds is 9. The zero-order valence-electron chi connectivity index (χ0n) is 27.9. The molecule has 0 aromatic heterocycles. The van der Waals surface area contributed by atoms with E-state index in [1.54, 1.807) is 30.9 Å². The standard InChI is InChI=1S/C34H42F3N5O4S/c1-8-23-17-26(11-12-28(23)45-16-15-39-13-14-40(22(2)20-39)21-29(43)46-32(3,4)5)42-31(47)41(30(44)33(42,6)7)25-10-9-24(19-38)27(18-25)34(35,36)37/h9-12,17-18,22H,8,13-16,20-21H2,1-7H3/t22-/m1/s1. The van der Waals surface area contributed by atoms with E-state index in [1.165, 1.54) is 6.07 Å². The van der Waals surface area contributed by atoms with Crippen LogP contribution in [0.3, 0.4) is 0 Å². The topological polar surface area (TPSA) is 89.4 Å². The van der Waals surface area contributed by atoms with Crippen LogP contribution in [0.1, 0.15) is 65.2 Å². The molecule has 4 rings (SSSR count). The van der Waals surface area contributed by atoms with Gasteiger partial charge in [0.05, 0.1) is 29.4 Å². The molecule has 2 aliphatic rings. The van der Waals surface area contributed by atoms with Crippen LogP contribution in [-0.2, 0) is 26.9 Å². The molecule has 1 atom stereocenters. The Balaban J connectivity index is 1.43. The lowest BCUT2D eigenvalue weighted by Gasteiger charge is -2.39. The van der Waals surface area contributed by atoms with Gasteiger partial charge < -0.3 is 14.4 Å². The highest BCUT2D eigenvalue weighted by atomic mass is 32.1. The fourth-order valence-electron chi connectivity index (χ4n) is 5.91. The summed E-state index contributed by atoms with van der Waals surface area (Å²) in [4.78, 5) is 33.1. The second-order valence-electron chi connectivity index (χ2n) is 13.4. The molecule has 0 N–H and O–H groups in total. The van der Waals surface area contributed by atoms with E-state index in [2.05, 4.69) is 16.7 Å². The molecule has 0 bridgehead atoms. The van der Waals surface area contributed by atoms with E-state index in [-0.39, 0.29) is 29.4 Å². The molecule has 13 heteroatoms. The first-order valence-corrected chi connectivity index (χ1v) is 16.0. The number of benzene rings is 2. The fourth-order valence-corrected chi connectivity index (χ4v) is 6.44. The molecule has 47 heavy (non-hydrogen) atoms. The lowest BCUT2D eigenvalue weighted by Crippen LogP contribution is -2.54. The largest absolute Gasteiger partial charge is 0.492 e. The first-order chi connectivity index (χ1) is 21.9. The molecule has 0 saturated carbocycles. The Morgan fingerprint density at radius 2 is 1.79 bits per heavy atom. The number of hydrogen-bond acceptors (Lipinski definition) is 8. The molecular weight excluding hydrogens is 631 g/mol. The summed E-state index contributed by atoms with van der Waals surface area (Å²) in [5, 5.41) is 9.22. The zero-order valence-corrected chi connectivity index (χ0v) is 28.7. The normalized spacial score (nSPS) is 19.2. The summed E-state index contributed by atoms with van der Waals surface area (Å²) in [5.41, 5.74) is -1.93. The molecule has 254 valence electrons. The average Bonchev–Trinajstić information content (AvgIpc) is 3.15. The first kappa shape index (κ1) is 36.1. The van der Waals surface area contributed by atoms with E-state index in [1.807, 2.05) is 39.8 Å². The number of amides is 1. The minimum atomic E-state index is -4.78. The quantitative estimate of drug-likeness (QED) is 0.243. The highest BCUT2D eigenvalue weighted by Crippen LogP contribution is 2.40. The van der Waals surface area contributed by atoms with Crippen molar-refractivity contribution in [2.75, 3.05) is 49.1 Å². The van der Waals surface area contributed by atoms with Crippen LogP contribution < -0.4 is 14.5 Å². The van der Waals surface area contributed by atoms with Gasteiger partial charge in [0.1, 0.15) is 23.5 Å². The molecule has 2 aromatic carbocycles. The van der Waals surface area contributed by atoms with Gasteiger partial charge in [0, 0.05) is 37.9 Å². The Kier molecular flexibility index (Phi) is 10.6. The van der Waals surface area contributed by atoms with Gasteiger partial charge in [0.15, 0.2) is 5.11 Å². The number of anilines is 2. The number of halogens is 3. The monoisotopic (exact) mass is 673 g/mol. The van der Waals surface area contributed by atoms with E-state index in [0.717, 1.165) is 42.2 Å². The molecule has 0 spiro atoms. The molecule has 9 nitrogen and oxygen atoms in total. The smallest absolute Gasteiger partial charge is 0.417 e. The van der Waals surface area contributed by atoms with Gasteiger partial charge >= 0.3 is 12.1 Å². The fraction of sp³-hybridized carbons (Fsp3) is 0.529. The maximum atomic E-state index is 13.7. The van der Waals surface area contributed by atoms with E-state index in [4.69, 9.17) is 21.7 Å². The summed E-state index contributed by atoms with van der Waals surface area (Å²) in [6, 6.07) is 10.4. The minimum Gasteiger partial charge on any atom is -0.492 e. The maximum absolute atomic E-state index is 13.7. The Bertz CT molecular complexity index is 1570. The van der Waals surface area contributed by atoms with Crippen molar-refractivity contribution in [2.45, 2.75) is 78.2 Å². The summed E-state index contributed by atoms with van der Waals surface area (Å²) in [7, 11) is 0. The molecule has 0 unspecified atom stereocenters. The molecule has 2 aromatic rings. The van der Waals surface area contributed by atoms with Gasteiger partial charge in [-0.05, 0) is 102 Å². The lowest BCUT2D eigenvalue weighted by atomic mass is 10.0. The van der Waals surface area contributed by atoms with Crippen LogP contribution in [0.5, 0.6) is 5.75 Å². The van der Waals surface area contributed by atoms with Crippen LogP contribution in [0.15, 0.2) is 36.4 Å². The van der Waals surface area contributed by atoms with Gasteiger partial charge in [-0.25, -0.2) is 0 Å². The van der Waals surface area contributed by atoms with Crippen molar-refractivity contribution in [3.63, 3.8) is 0 Å². The molecular formula is C34H42F3N5O4S. The van der Waals surface area contributed by atoms with Crippen molar-refractivity contribution in [1.29, 1.82) is 5.26 Å². The van der Waals surface area contributed by atoms with E-state index >= 15 is 0 Å². The van der Waals surface area contributed by atoms with Gasteiger partial charge in [-0.2, -0.15) is 18.4 Å². The third-order valence-electron chi connectivity index (χ3n) is 8.30. The highest BCUT2D eigenvalue weighted by molar-refractivity contribution is 7.81. The minimum absolute atomic E-state index is 0.0356. The van der Waals surface area contributed by atoms with Crippen LogP contribution >= 0.6 is 12.2 Å². The van der Waals surface area contributed by atoms with Crippen molar-refractivity contribution in [3.05, 3.63) is 53.1 Å². The number of nitrogens with zero attached hydrogens (tertiary/aromatic N) is 5. The van der Waals surface area contributed by atoms with E-state index < -0.39 is 34.4 Å². The SMILES string of the molecule is CCc1cc(N2C(=S)N(c3ccc(C#N)c(C(F)(F)F)c3)C(=O)C2(C)C)ccc1OCCN1CCN(CC(=O)OC(C)(C)C)[C@H](C)C1. The van der Waals surface area contributed by atoms with Crippen LogP contribution in [0, 0.1) is 11.3 Å². The first-order valence-electron chi connectivity index (χ1n) is 15.6. The Hall–Kier alpha value is -3.73. The van der Waals surface area contributed by atoms with Gasteiger partial charge in [-0.15, -0.1) is 0 Å². The molecule has 0 radical (unpaired) electrons. The Morgan fingerprint density at radius 3 is 2.38 bits per heavy atom. The molecule has 0 aliphatic carbocycles. The van der Waals surface area contributed by atoms with Gasteiger partial charge in [-0.1, -0.05) is 6.92 Å². The number of nitriles is 1. The third kappa shape index (κ3) is 8.05. The second-order valence-corrected chi connectivity index (χ2v) is 13.7. The molecule has 2 fully saturated rings. The number of piperazine rings is 1. The number of hydrogen-bond donors (Lipinski definition) is 0. The summed E-state index contributed by atoms with van der Waals surface area (Å²) in [5.74, 6) is -0.0170. The molecule has 2 saturated heterocycles. The van der Waals surface area contributed by atoms with Crippen molar-refractivity contribution in [3.8, 4) is 11.8 Å². The lowest BCUT2D eigenvalue weighted by molar-refractivity contribution is -0.157. The van der Waals surface area contributed by atoms with Crippen molar-refractivity contribution >= 4 is 40.6 Å². The van der Waals surface area contributed by atoms with Crippen LogP contribution in [-0.4, -0.2) is 83.3 Å². The van der Waals surface area contributed by atoms with Gasteiger partial charge in [0.2, 0.25) is 0 Å². The van der Waals surface area contributed by atoms with Crippen LogP contribution in [0.4, 0.5) is 24.5 Å². The molecule has 2 heterocycles. The second kappa shape index (κ2) is 13.8. The number of carbonyl (C=O) groups is 2. The van der Waals surface area contributed by atoms with Crippen LogP contribution in [0.25, 0.3) is 0 Å². The number of esters is 1.